The molecule has 0 aromatic carbocycles. The summed E-state index contributed by atoms with van der Waals surface area (Å²) in [5.41, 5.74) is 6.52. The highest BCUT2D eigenvalue weighted by molar-refractivity contribution is 4.93. The molecular formula is C11H22N2. The van der Waals surface area contributed by atoms with Crippen LogP contribution in [-0.2, 0) is 0 Å². The van der Waals surface area contributed by atoms with Crippen molar-refractivity contribution in [2.75, 3.05) is 19.6 Å². The van der Waals surface area contributed by atoms with Gasteiger partial charge in [0.1, 0.15) is 0 Å². The summed E-state index contributed by atoms with van der Waals surface area (Å²) in [6.07, 6.45) is 8.35. The van der Waals surface area contributed by atoms with Crippen LogP contribution in [0.1, 0.15) is 38.5 Å². The lowest BCUT2D eigenvalue weighted by Gasteiger charge is -2.39. The topological polar surface area (TPSA) is 38.0 Å². The molecule has 0 atom stereocenters. The Morgan fingerprint density at radius 1 is 1.15 bits per heavy atom. The second-order valence-corrected chi connectivity index (χ2v) is 4.80. The zero-order chi connectivity index (χ0) is 9.15. The third-order valence-corrected chi connectivity index (χ3v) is 4.21. The molecule has 1 saturated heterocycles. The first kappa shape index (κ1) is 9.47. The smallest absolute Gasteiger partial charge is 0.00179 e. The molecule has 1 aliphatic carbocycles. The number of hydrogen-bond donors (Lipinski definition) is 2. The number of piperidine rings is 1. The molecule has 1 aliphatic heterocycles. The molecule has 0 aromatic heterocycles. The molecule has 76 valence electrons. The quantitative estimate of drug-likeness (QED) is 0.679. The minimum Gasteiger partial charge on any atom is -0.330 e. The largest absolute Gasteiger partial charge is 0.330 e. The van der Waals surface area contributed by atoms with Gasteiger partial charge in [0.05, 0.1) is 0 Å². The van der Waals surface area contributed by atoms with Crippen molar-refractivity contribution in [3.05, 3.63) is 0 Å². The summed E-state index contributed by atoms with van der Waals surface area (Å²) >= 11 is 0. The Morgan fingerprint density at radius 2 is 1.77 bits per heavy atom. The second-order valence-electron chi connectivity index (χ2n) is 4.80. The monoisotopic (exact) mass is 182 g/mol. The minimum atomic E-state index is 0.544. The molecule has 0 amide bonds. The van der Waals surface area contributed by atoms with E-state index >= 15 is 0 Å². The first-order chi connectivity index (χ1) is 6.37. The molecule has 2 nitrogen and oxygen atoms in total. The molecule has 1 saturated carbocycles. The molecule has 0 bridgehead atoms. The third-order valence-electron chi connectivity index (χ3n) is 4.21. The first-order valence-corrected chi connectivity index (χ1v) is 5.78. The Hall–Kier alpha value is -0.0800. The van der Waals surface area contributed by atoms with Crippen LogP contribution in [0.3, 0.4) is 0 Å². The lowest BCUT2D eigenvalue weighted by molar-refractivity contribution is 0.138. The third kappa shape index (κ3) is 1.75. The van der Waals surface area contributed by atoms with E-state index in [9.17, 15) is 0 Å². The maximum absolute atomic E-state index is 5.98. The predicted molar refractivity (Wildman–Crippen MR) is 55.5 cm³/mol. The number of nitrogens with one attached hydrogen (secondary N) is 1. The molecule has 13 heavy (non-hydrogen) atoms. The van der Waals surface area contributed by atoms with Crippen LogP contribution in [0.5, 0.6) is 0 Å². The summed E-state index contributed by atoms with van der Waals surface area (Å²) in [7, 11) is 0. The van der Waals surface area contributed by atoms with Gasteiger partial charge in [-0.2, -0.15) is 0 Å². The van der Waals surface area contributed by atoms with Gasteiger partial charge in [-0.3, -0.25) is 0 Å². The molecule has 0 radical (unpaired) electrons. The molecule has 2 fully saturated rings. The Labute approximate surface area is 81.3 Å². The van der Waals surface area contributed by atoms with Gasteiger partial charge in [-0.15, -0.1) is 0 Å². The summed E-state index contributed by atoms with van der Waals surface area (Å²) in [5.74, 6) is 0.918. The summed E-state index contributed by atoms with van der Waals surface area (Å²) in [5, 5.41) is 3.44. The van der Waals surface area contributed by atoms with E-state index in [-0.39, 0.29) is 0 Å². The summed E-state index contributed by atoms with van der Waals surface area (Å²) in [6, 6.07) is 0. The second kappa shape index (κ2) is 3.97. The molecule has 1 heterocycles. The molecule has 0 aromatic rings. The highest BCUT2D eigenvalue weighted by atomic mass is 14.9. The van der Waals surface area contributed by atoms with E-state index < -0.39 is 0 Å². The van der Waals surface area contributed by atoms with Crippen LogP contribution in [0.25, 0.3) is 0 Å². The number of hydrogen-bond acceptors (Lipinski definition) is 2. The van der Waals surface area contributed by atoms with Crippen LogP contribution in [-0.4, -0.2) is 19.6 Å². The SMILES string of the molecule is NCC1(C2CCNCC2)CCCC1. The maximum atomic E-state index is 5.98. The van der Waals surface area contributed by atoms with Gasteiger partial charge in [-0.25, -0.2) is 0 Å². The van der Waals surface area contributed by atoms with Gasteiger partial charge in [-0.1, -0.05) is 12.8 Å². The standard InChI is InChI=1S/C11H22N2/c12-9-11(5-1-2-6-11)10-3-7-13-8-4-10/h10,13H,1-9,12H2. The lowest BCUT2D eigenvalue weighted by atomic mass is 9.70. The van der Waals surface area contributed by atoms with Gasteiger partial charge in [0.15, 0.2) is 0 Å². The summed E-state index contributed by atoms with van der Waals surface area (Å²) < 4.78 is 0. The lowest BCUT2D eigenvalue weighted by Crippen LogP contribution is -2.41. The number of rotatable bonds is 2. The molecule has 2 aliphatic rings. The zero-order valence-corrected chi connectivity index (χ0v) is 8.52. The van der Waals surface area contributed by atoms with Crippen molar-refractivity contribution in [1.29, 1.82) is 0 Å². The zero-order valence-electron chi connectivity index (χ0n) is 8.52. The van der Waals surface area contributed by atoms with E-state index in [4.69, 9.17) is 5.73 Å². The average Bonchev–Trinajstić information content (AvgIpc) is 2.69. The van der Waals surface area contributed by atoms with Crippen molar-refractivity contribution in [1.82, 2.24) is 5.32 Å². The van der Waals surface area contributed by atoms with E-state index in [1.165, 1.54) is 51.6 Å². The fourth-order valence-corrected chi connectivity index (χ4v) is 3.29. The van der Waals surface area contributed by atoms with Crippen LogP contribution in [0.2, 0.25) is 0 Å². The van der Waals surface area contributed by atoms with Crippen LogP contribution >= 0.6 is 0 Å². The van der Waals surface area contributed by atoms with Crippen molar-refractivity contribution in [3.8, 4) is 0 Å². The predicted octanol–water partition coefficient (Wildman–Crippen LogP) is 1.51. The van der Waals surface area contributed by atoms with Crippen molar-refractivity contribution in [3.63, 3.8) is 0 Å². The summed E-state index contributed by atoms with van der Waals surface area (Å²) in [4.78, 5) is 0. The van der Waals surface area contributed by atoms with Gasteiger partial charge >= 0.3 is 0 Å². The summed E-state index contributed by atoms with van der Waals surface area (Å²) in [6.45, 7) is 3.36. The van der Waals surface area contributed by atoms with Crippen molar-refractivity contribution in [2.45, 2.75) is 38.5 Å². The van der Waals surface area contributed by atoms with Crippen LogP contribution in [0, 0.1) is 11.3 Å². The fourth-order valence-electron chi connectivity index (χ4n) is 3.29. The van der Waals surface area contributed by atoms with E-state index in [2.05, 4.69) is 5.32 Å². The van der Waals surface area contributed by atoms with Gasteiger partial charge in [-0.05, 0) is 56.7 Å². The van der Waals surface area contributed by atoms with Crippen molar-refractivity contribution < 1.29 is 0 Å². The highest BCUT2D eigenvalue weighted by Crippen LogP contribution is 2.46. The van der Waals surface area contributed by atoms with Crippen molar-refractivity contribution >= 4 is 0 Å². The molecular weight excluding hydrogens is 160 g/mol. The molecule has 3 N–H and O–H groups in total. The molecule has 0 unspecified atom stereocenters. The highest BCUT2D eigenvalue weighted by Gasteiger charge is 2.39. The van der Waals surface area contributed by atoms with Crippen LogP contribution < -0.4 is 11.1 Å². The Kier molecular flexibility index (Phi) is 2.89. The van der Waals surface area contributed by atoms with E-state index in [1.54, 1.807) is 0 Å². The van der Waals surface area contributed by atoms with E-state index in [0.29, 0.717) is 5.41 Å². The minimum absolute atomic E-state index is 0.544. The van der Waals surface area contributed by atoms with Crippen LogP contribution in [0.4, 0.5) is 0 Å². The average molecular weight is 182 g/mol. The Balaban J connectivity index is 2.01. The normalized spacial score (nSPS) is 29.3. The Morgan fingerprint density at radius 3 is 2.31 bits per heavy atom. The first-order valence-electron chi connectivity index (χ1n) is 5.78. The van der Waals surface area contributed by atoms with Crippen LogP contribution in [0.15, 0.2) is 0 Å². The van der Waals surface area contributed by atoms with E-state index in [0.717, 1.165) is 12.5 Å². The van der Waals surface area contributed by atoms with Crippen molar-refractivity contribution in [2.24, 2.45) is 17.1 Å². The molecule has 0 spiro atoms. The van der Waals surface area contributed by atoms with Gasteiger partial charge in [0.25, 0.3) is 0 Å². The fraction of sp³-hybridized carbons (Fsp3) is 1.00. The maximum Gasteiger partial charge on any atom is -0.00179 e. The van der Waals surface area contributed by atoms with Gasteiger partial charge in [0.2, 0.25) is 0 Å². The van der Waals surface area contributed by atoms with Gasteiger partial charge < -0.3 is 11.1 Å². The van der Waals surface area contributed by atoms with E-state index in [1.807, 2.05) is 0 Å². The number of nitrogens with two attached hydrogens (primary N) is 1. The Bertz CT molecular complexity index is 155. The molecule has 2 rings (SSSR count). The van der Waals surface area contributed by atoms with Gasteiger partial charge in [0, 0.05) is 0 Å². The molecule has 2 heteroatoms.